The smallest absolute Gasteiger partial charge is 0.0820 e. The van der Waals surface area contributed by atoms with Crippen molar-refractivity contribution in [3.05, 3.63) is 23.5 Å². The Morgan fingerprint density at radius 3 is 2.92 bits per heavy atom. The van der Waals surface area contributed by atoms with Gasteiger partial charge in [-0.3, -0.25) is 4.98 Å². The van der Waals surface area contributed by atoms with Crippen molar-refractivity contribution in [1.29, 1.82) is 0 Å². The van der Waals surface area contributed by atoms with Crippen molar-refractivity contribution in [2.75, 3.05) is 5.32 Å². The number of aromatic nitrogens is 1. The van der Waals surface area contributed by atoms with Crippen molar-refractivity contribution in [1.82, 2.24) is 4.98 Å². The van der Waals surface area contributed by atoms with Crippen LogP contribution in [0.4, 0.5) is 5.69 Å². The Balaban J connectivity index is 2.17. The summed E-state index contributed by atoms with van der Waals surface area (Å²) in [6.45, 7) is 2.20. The molecule has 1 heterocycles. The highest BCUT2D eigenvalue weighted by Crippen LogP contribution is 2.39. The Bertz CT molecular complexity index is 294. The van der Waals surface area contributed by atoms with Crippen LogP contribution in [0.3, 0.4) is 0 Å². The number of pyridine rings is 1. The number of nitrogens with one attached hydrogen (secondary N) is 1. The van der Waals surface area contributed by atoms with Crippen LogP contribution in [0.25, 0.3) is 0 Å². The van der Waals surface area contributed by atoms with Crippen LogP contribution >= 0.6 is 11.6 Å². The molecule has 0 aliphatic heterocycles. The minimum atomic E-state index is 0.283. The highest BCUT2D eigenvalue weighted by Gasteiger charge is 2.37. The summed E-state index contributed by atoms with van der Waals surface area (Å²) in [6, 6.07) is 1.91. The maximum absolute atomic E-state index is 5.93. The van der Waals surface area contributed by atoms with Gasteiger partial charge >= 0.3 is 0 Å². The Morgan fingerprint density at radius 1 is 1.58 bits per heavy atom. The zero-order valence-electron chi connectivity index (χ0n) is 6.97. The molecule has 0 amide bonds. The molecule has 1 aromatic rings. The van der Waals surface area contributed by atoms with E-state index in [1.165, 1.54) is 12.8 Å². The van der Waals surface area contributed by atoms with Crippen molar-refractivity contribution in [3.63, 3.8) is 0 Å². The number of rotatable bonds is 2. The summed E-state index contributed by atoms with van der Waals surface area (Å²) >= 11 is 5.93. The first kappa shape index (κ1) is 7.87. The van der Waals surface area contributed by atoms with Gasteiger partial charge in [0.2, 0.25) is 0 Å². The third-order valence-electron chi connectivity index (χ3n) is 2.21. The maximum Gasteiger partial charge on any atom is 0.0820 e. The zero-order valence-corrected chi connectivity index (χ0v) is 7.73. The van der Waals surface area contributed by atoms with E-state index in [2.05, 4.69) is 17.2 Å². The van der Waals surface area contributed by atoms with Crippen LogP contribution in [0.15, 0.2) is 18.5 Å². The highest BCUT2D eigenvalue weighted by molar-refractivity contribution is 6.33. The van der Waals surface area contributed by atoms with Gasteiger partial charge in [-0.25, -0.2) is 0 Å². The van der Waals surface area contributed by atoms with Gasteiger partial charge in [-0.05, 0) is 25.8 Å². The topological polar surface area (TPSA) is 24.9 Å². The third-order valence-corrected chi connectivity index (χ3v) is 2.51. The standard InChI is InChI=1S/C9H11ClN2/c1-9(3-4-9)12-8-2-5-11-6-7(8)10/h2,5-6H,3-4H2,1H3,(H,11,12). The molecule has 1 N–H and O–H groups in total. The number of anilines is 1. The average molecular weight is 183 g/mol. The van der Waals surface area contributed by atoms with E-state index in [-0.39, 0.29) is 5.54 Å². The molecule has 0 aromatic carbocycles. The van der Waals surface area contributed by atoms with Crippen LogP contribution in [0, 0.1) is 0 Å². The first-order valence-corrected chi connectivity index (χ1v) is 4.45. The van der Waals surface area contributed by atoms with Crippen LogP contribution in [0.2, 0.25) is 5.02 Å². The second kappa shape index (κ2) is 2.63. The van der Waals surface area contributed by atoms with Crippen molar-refractivity contribution in [2.24, 2.45) is 0 Å². The summed E-state index contributed by atoms with van der Waals surface area (Å²) in [4.78, 5) is 3.92. The van der Waals surface area contributed by atoms with Gasteiger partial charge in [-0.15, -0.1) is 0 Å². The fraction of sp³-hybridized carbons (Fsp3) is 0.444. The molecule has 12 heavy (non-hydrogen) atoms. The van der Waals surface area contributed by atoms with Crippen LogP contribution in [-0.2, 0) is 0 Å². The van der Waals surface area contributed by atoms with Crippen LogP contribution in [0.1, 0.15) is 19.8 Å². The lowest BCUT2D eigenvalue weighted by atomic mass is 10.3. The molecule has 2 nitrogen and oxygen atoms in total. The lowest BCUT2D eigenvalue weighted by molar-refractivity contribution is 0.829. The number of nitrogens with zero attached hydrogens (tertiary/aromatic N) is 1. The molecule has 0 saturated heterocycles. The molecule has 2 rings (SSSR count). The molecule has 1 saturated carbocycles. The number of hydrogen-bond acceptors (Lipinski definition) is 2. The number of hydrogen-bond donors (Lipinski definition) is 1. The van der Waals surface area contributed by atoms with E-state index in [9.17, 15) is 0 Å². The first-order valence-electron chi connectivity index (χ1n) is 4.07. The lowest BCUT2D eigenvalue weighted by Gasteiger charge is -2.13. The molecule has 0 spiro atoms. The van der Waals surface area contributed by atoms with Crippen molar-refractivity contribution < 1.29 is 0 Å². The van der Waals surface area contributed by atoms with Gasteiger partial charge in [0, 0.05) is 17.9 Å². The van der Waals surface area contributed by atoms with Gasteiger partial charge in [-0.2, -0.15) is 0 Å². The van der Waals surface area contributed by atoms with E-state index in [4.69, 9.17) is 11.6 Å². The molecule has 1 aliphatic carbocycles. The van der Waals surface area contributed by atoms with Gasteiger partial charge in [0.1, 0.15) is 0 Å². The Hall–Kier alpha value is -0.760. The summed E-state index contributed by atoms with van der Waals surface area (Å²) in [5.74, 6) is 0. The van der Waals surface area contributed by atoms with Crippen LogP contribution in [0.5, 0.6) is 0 Å². The van der Waals surface area contributed by atoms with Gasteiger partial charge in [0.25, 0.3) is 0 Å². The molecule has 0 unspecified atom stereocenters. The van der Waals surface area contributed by atoms with E-state index >= 15 is 0 Å². The molecule has 0 atom stereocenters. The second-order valence-electron chi connectivity index (χ2n) is 3.54. The normalized spacial score (nSPS) is 18.8. The van der Waals surface area contributed by atoms with Crippen LogP contribution < -0.4 is 5.32 Å². The zero-order chi connectivity index (χ0) is 8.60. The monoisotopic (exact) mass is 182 g/mol. The van der Waals surface area contributed by atoms with E-state index < -0.39 is 0 Å². The van der Waals surface area contributed by atoms with E-state index in [0.717, 1.165) is 5.69 Å². The molecule has 3 heteroatoms. The summed E-state index contributed by atoms with van der Waals surface area (Å²) in [7, 11) is 0. The maximum atomic E-state index is 5.93. The van der Waals surface area contributed by atoms with Gasteiger partial charge < -0.3 is 5.32 Å². The largest absolute Gasteiger partial charge is 0.379 e. The molecular weight excluding hydrogens is 172 g/mol. The highest BCUT2D eigenvalue weighted by atomic mass is 35.5. The fourth-order valence-electron chi connectivity index (χ4n) is 1.11. The Morgan fingerprint density at radius 2 is 2.33 bits per heavy atom. The minimum Gasteiger partial charge on any atom is -0.379 e. The minimum absolute atomic E-state index is 0.283. The molecule has 1 fully saturated rings. The van der Waals surface area contributed by atoms with Crippen LogP contribution in [-0.4, -0.2) is 10.5 Å². The van der Waals surface area contributed by atoms with E-state index in [1.807, 2.05) is 6.07 Å². The molecule has 64 valence electrons. The van der Waals surface area contributed by atoms with Gasteiger partial charge in [0.15, 0.2) is 0 Å². The van der Waals surface area contributed by atoms with Gasteiger partial charge in [-0.1, -0.05) is 11.6 Å². The molecular formula is C9H11ClN2. The molecule has 1 aromatic heterocycles. The second-order valence-corrected chi connectivity index (χ2v) is 3.95. The average Bonchev–Trinajstić information content (AvgIpc) is 2.74. The predicted octanol–water partition coefficient (Wildman–Crippen LogP) is 2.70. The Kier molecular flexibility index (Phi) is 1.72. The SMILES string of the molecule is CC1(Nc2ccncc2Cl)CC1. The summed E-state index contributed by atoms with van der Waals surface area (Å²) in [5.41, 5.74) is 1.28. The van der Waals surface area contributed by atoms with Crippen molar-refractivity contribution in [2.45, 2.75) is 25.3 Å². The fourth-order valence-corrected chi connectivity index (χ4v) is 1.28. The Labute approximate surface area is 77.0 Å². The molecule has 1 aliphatic rings. The third kappa shape index (κ3) is 1.53. The number of halogens is 1. The summed E-state index contributed by atoms with van der Waals surface area (Å²) in [6.07, 6.45) is 5.87. The summed E-state index contributed by atoms with van der Waals surface area (Å²) in [5, 5.41) is 4.09. The van der Waals surface area contributed by atoms with Crippen molar-refractivity contribution >= 4 is 17.3 Å². The van der Waals surface area contributed by atoms with E-state index in [0.29, 0.717) is 5.02 Å². The molecule has 0 bridgehead atoms. The summed E-state index contributed by atoms with van der Waals surface area (Å²) < 4.78 is 0. The van der Waals surface area contributed by atoms with E-state index in [1.54, 1.807) is 12.4 Å². The molecule has 0 radical (unpaired) electrons. The van der Waals surface area contributed by atoms with Gasteiger partial charge in [0.05, 0.1) is 10.7 Å². The van der Waals surface area contributed by atoms with Crippen molar-refractivity contribution in [3.8, 4) is 0 Å². The first-order chi connectivity index (χ1) is 5.70. The predicted molar refractivity (Wildman–Crippen MR) is 50.5 cm³/mol. The lowest BCUT2D eigenvalue weighted by Crippen LogP contribution is -2.15. The quantitative estimate of drug-likeness (QED) is 0.761.